The molecular formula is C19H24ClN3O2. The molecule has 0 radical (unpaired) electrons. The molecule has 0 aromatic heterocycles. The summed E-state index contributed by atoms with van der Waals surface area (Å²) in [4.78, 5) is 26.1. The number of carbonyl (C=O) groups is 2. The van der Waals surface area contributed by atoms with Crippen molar-refractivity contribution in [1.29, 1.82) is 0 Å². The highest BCUT2D eigenvalue weighted by molar-refractivity contribution is 6.06. The molecule has 0 fully saturated rings. The van der Waals surface area contributed by atoms with E-state index >= 15 is 0 Å². The molecular weight excluding hydrogens is 338 g/mol. The predicted molar refractivity (Wildman–Crippen MR) is 103 cm³/mol. The number of benzene rings is 2. The second-order valence-electron chi connectivity index (χ2n) is 5.67. The second kappa shape index (κ2) is 9.81. The van der Waals surface area contributed by atoms with Crippen molar-refractivity contribution in [2.24, 2.45) is 0 Å². The molecule has 134 valence electrons. The highest BCUT2D eigenvalue weighted by Crippen LogP contribution is 2.17. The Kier molecular flexibility index (Phi) is 8.11. The lowest BCUT2D eigenvalue weighted by atomic mass is 10.1. The summed E-state index contributed by atoms with van der Waals surface area (Å²) in [5.74, 6) is -0.357. The van der Waals surface area contributed by atoms with E-state index in [9.17, 15) is 9.59 Å². The molecule has 2 N–H and O–H groups in total. The van der Waals surface area contributed by atoms with Crippen molar-refractivity contribution in [3.05, 3.63) is 65.2 Å². The molecule has 0 saturated carbocycles. The quantitative estimate of drug-likeness (QED) is 0.830. The van der Waals surface area contributed by atoms with Crippen molar-refractivity contribution in [2.75, 3.05) is 26.0 Å². The highest BCUT2D eigenvalue weighted by Gasteiger charge is 2.13. The van der Waals surface area contributed by atoms with E-state index in [1.54, 1.807) is 38.4 Å². The zero-order valence-electron chi connectivity index (χ0n) is 14.7. The van der Waals surface area contributed by atoms with Crippen LogP contribution in [0.25, 0.3) is 0 Å². The van der Waals surface area contributed by atoms with Gasteiger partial charge in [-0.15, -0.1) is 12.4 Å². The number of nitrogens with zero attached hydrogens (tertiary/aromatic N) is 1. The number of nitrogens with one attached hydrogen (secondary N) is 2. The van der Waals surface area contributed by atoms with E-state index in [0.29, 0.717) is 17.7 Å². The van der Waals surface area contributed by atoms with Crippen molar-refractivity contribution in [1.82, 2.24) is 10.2 Å². The van der Waals surface area contributed by atoms with E-state index < -0.39 is 0 Å². The Balaban J connectivity index is 0.00000312. The molecule has 2 rings (SSSR count). The van der Waals surface area contributed by atoms with Crippen LogP contribution in [0.1, 0.15) is 33.2 Å². The summed E-state index contributed by atoms with van der Waals surface area (Å²) >= 11 is 0. The molecule has 0 aliphatic rings. The minimum absolute atomic E-state index is 0. The Hall–Kier alpha value is -2.37. The van der Waals surface area contributed by atoms with Crippen molar-refractivity contribution < 1.29 is 9.59 Å². The Morgan fingerprint density at radius 1 is 1.00 bits per heavy atom. The molecule has 0 heterocycles. The maximum Gasteiger partial charge on any atom is 0.255 e. The predicted octanol–water partition coefficient (Wildman–Crippen LogP) is 3.17. The molecule has 0 saturated heterocycles. The third-order valence-corrected chi connectivity index (χ3v) is 3.61. The average Bonchev–Trinajstić information content (AvgIpc) is 2.60. The van der Waals surface area contributed by atoms with Gasteiger partial charge < -0.3 is 15.5 Å². The van der Waals surface area contributed by atoms with Gasteiger partial charge >= 0.3 is 0 Å². The summed E-state index contributed by atoms with van der Waals surface area (Å²) in [6, 6.07) is 14.4. The molecule has 5 nitrogen and oxygen atoms in total. The minimum Gasteiger partial charge on any atom is -0.345 e. The first-order chi connectivity index (χ1) is 11.5. The first kappa shape index (κ1) is 20.7. The zero-order chi connectivity index (χ0) is 17.5. The van der Waals surface area contributed by atoms with Crippen LogP contribution in [-0.4, -0.2) is 37.4 Å². The average molecular weight is 362 g/mol. The number of para-hydroxylation sites is 1. The Morgan fingerprint density at radius 3 is 2.36 bits per heavy atom. The van der Waals surface area contributed by atoms with Gasteiger partial charge in [0.2, 0.25) is 0 Å². The van der Waals surface area contributed by atoms with E-state index in [4.69, 9.17) is 0 Å². The topological polar surface area (TPSA) is 61.4 Å². The summed E-state index contributed by atoms with van der Waals surface area (Å²) in [6.07, 6.45) is 0. The number of rotatable bonds is 6. The number of hydrogen-bond acceptors (Lipinski definition) is 3. The molecule has 2 aromatic carbocycles. The standard InChI is InChI=1S/C19H23N3O2.ClH/c1-4-20-13-16-8-5-6-11-17(16)21-18(23)14-9-7-10-15(12-14)19(24)22(2)3;/h5-12,20H,4,13H2,1-3H3,(H,21,23);1H. The van der Waals surface area contributed by atoms with Crippen LogP contribution >= 0.6 is 12.4 Å². The van der Waals surface area contributed by atoms with Crippen molar-refractivity contribution in [3.63, 3.8) is 0 Å². The van der Waals surface area contributed by atoms with Gasteiger partial charge in [-0.2, -0.15) is 0 Å². The maximum atomic E-state index is 12.5. The van der Waals surface area contributed by atoms with E-state index in [1.165, 1.54) is 4.90 Å². The van der Waals surface area contributed by atoms with Gasteiger partial charge in [-0.3, -0.25) is 9.59 Å². The SMILES string of the molecule is CCNCc1ccccc1NC(=O)c1cccc(C(=O)N(C)C)c1.Cl. The Morgan fingerprint density at radius 2 is 1.68 bits per heavy atom. The van der Waals surface area contributed by atoms with Crippen molar-refractivity contribution in [2.45, 2.75) is 13.5 Å². The van der Waals surface area contributed by atoms with Gasteiger partial charge in [-0.25, -0.2) is 0 Å². The first-order valence-electron chi connectivity index (χ1n) is 7.94. The van der Waals surface area contributed by atoms with Crippen LogP contribution in [0.2, 0.25) is 0 Å². The highest BCUT2D eigenvalue weighted by atomic mass is 35.5. The third-order valence-electron chi connectivity index (χ3n) is 3.61. The fraction of sp³-hybridized carbons (Fsp3) is 0.263. The van der Waals surface area contributed by atoms with Gasteiger partial charge in [-0.1, -0.05) is 31.2 Å². The number of hydrogen-bond donors (Lipinski definition) is 2. The van der Waals surface area contributed by atoms with Gasteiger partial charge in [0.1, 0.15) is 0 Å². The molecule has 0 aliphatic carbocycles. The lowest BCUT2D eigenvalue weighted by Crippen LogP contribution is -2.22. The second-order valence-corrected chi connectivity index (χ2v) is 5.67. The molecule has 0 spiro atoms. The molecule has 6 heteroatoms. The fourth-order valence-corrected chi connectivity index (χ4v) is 2.30. The number of carbonyl (C=O) groups excluding carboxylic acids is 2. The van der Waals surface area contributed by atoms with Gasteiger partial charge in [0, 0.05) is 37.5 Å². The summed E-state index contributed by atoms with van der Waals surface area (Å²) < 4.78 is 0. The van der Waals surface area contributed by atoms with Crippen molar-refractivity contribution in [3.8, 4) is 0 Å². The third kappa shape index (κ3) is 5.59. The van der Waals surface area contributed by atoms with E-state index in [2.05, 4.69) is 10.6 Å². The van der Waals surface area contributed by atoms with E-state index in [1.807, 2.05) is 31.2 Å². The number of anilines is 1. The minimum atomic E-state index is -0.229. The molecule has 0 unspecified atom stereocenters. The first-order valence-corrected chi connectivity index (χ1v) is 7.94. The molecule has 0 aliphatic heterocycles. The Labute approximate surface area is 154 Å². The van der Waals surface area contributed by atoms with Crippen LogP contribution in [0, 0.1) is 0 Å². The number of halogens is 1. The van der Waals surface area contributed by atoms with Crippen LogP contribution in [-0.2, 0) is 6.54 Å². The van der Waals surface area contributed by atoms with Crippen molar-refractivity contribution >= 4 is 29.9 Å². The normalized spacial score (nSPS) is 9.88. The fourth-order valence-electron chi connectivity index (χ4n) is 2.30. The smallest absolute Gasteiger partial charge is 0.255 e. The summed E-state index contributed by atoms with van der Waals surface area (Å²) in [7, 11) is 3.37. The molecule has 2 aromatic rings. The zero-order valence-corrected chi connectivity index (χ0v) is 15.5. The maximum absolute atomic E-state index is 12.5. The monoisotopic (exact) mass is 361 g/mol. The summed E-state index contributed by atoms with van der Waals surface area (Å²) in [5, 5.41) is 6.18. The van der Waals surface area contributed by atoms with E-state index in [-0.39, 0.29) is 24.2 Å². The van der Waals surface area contributed by atoms with Gasteiger partial charge in [0.15, 0.2) is 0 Å². The molecule has 25 heavy (non-hydrogen) atoms. The van der Waals surface area contributed by atoms with Crippen LogP contribution in [0.15, 0.2) is 48.5 Å². The molecule has 2 amide bonds. The van der Waals surface area contributed by atoms with Gasteiger partial charge in [0.25, 0.3) is 11.8 Å². The molecule has 0 bridgehead atoms. The van der Waals surface area contributed by atoms with Crippen LogP contribution in [0.4, 0.5) is 5.69 Å². The number of amides is 2. The summed E-state index contributed by atoms with van der Waals surface area (Å²) in [6.45, 7) is 3.58. The van der Waals surface area contributed by atoms with Crippen LogP contribution < -0.4 is 10.6 Å². The van der Waals surface area contributed by atoms with E-state index in [0.717, 1.165) is 17.8 Å². The van der Waals surface area contributed by atoms with Gasteiger partial charge in [0.05, 0.1) is 0 Å². The largest absolute Gasteiger partial charge is 0.345 e. The van der Waals surface area contributed by atoms with Crippen LogP contribution in [0.5, 0.6) is 0 Å². The lowest BCUT2D eigenvalue weighted by molar-refractivity contribution is 0.0827. The Bertz CT molecular complexity index is 732. The molecule has 0 atom stereocenters. The van der Waals surface area contributed by atoms with Gasteiger partial charge in [-0.05, 0) is 36.4 Å². The lowest BCUT2D eigenvalue weighted by Gasteiger charge is -2.13. The van der Waals surface area contributed by atoms with Crippen LogP contribution in [0.3, 0.4) is 0 Å². The summed E-state index contributed by atoms with van der Waals surface area (Å²) in [5.41, 5.74) is 2.75.